The molecule has 0 spiro atoms. The van der Waals surface area contributed by atoms with Crippen molar-refractivity contribution in [1.29, 1.82) is 0 Å². The third-order valence-corrected chi connectivity index (χ3v) is 5.10. The summed E-state index contributed by atoms with van der Waals surface area (Å²) in [4.78, 5) is 23.5. The smallest absolute Gasteiger partial charge is 0.410 e. The highest BCUT2D eigenvalue weighted by molar-refractivity contribution is 6.07. The van der Waals surface area contributed by atoms with Crippen LogP contribution in [0.15, 0.2) is 30.5 Å². The van der Waals surface area contributed by atoms with Crippen LogP contribution in [-0.2, 0) is 18.3 Å². The maximum absolute atomic E-state index is 12.6. The second-order valence-corrected chi connectivity index (χ2v) is 8.48. The van der Waals surface area contributed by atoms with E-state index in [1.807, 2.05) is 63.6 Å². The van der Waals surface area contributed by atoms with Crippen molar-refractivity contribution < 1.29 is 9.53 Å². The van der Waals surface area contributed by atoms with Crippen molar-refractivity contribution in [2.75, 3.05) is 12.3 Å². The van der Waals surface area contributed by atoms with Crippen LogP contribution >= 0.6 is 0 Å². The van der Waals surface area contributed by atoms with Crippen LogP contribution in [0.4, 0.5) is 10.6 Å². The van der Waals surface area contributed by atoms with Crippen LogP contribution in [0.1, 0.15) is 33.5 Å². The number of nitrogens with zero attached hydrogens (tertiary/aromatic N) is 5. The molecular formula is C22H27N7O2. The monoisotopic (exact) mass is 421 g/mol. The number of fused-ring (bicyclic) bond motifs is 3. The molecule has 0 unspecified atom stereocenters. The molecule has 4 aromatic rings. The number of benzene rings is 1. The first-order valence-electron chi connectivity index (χ1n) is 10.2. The Hall–Kier alpha value is -3.62. The van der Waals surface area contributed by atoms with Crippen LogP contribution < -0.4 is 5.73 Å². The molecule has 3 aromatic heterocycles. The standard InChI is InChI=1S/C22H27N7O2/c1-6-29(21(30)31-22(2,3)4)12-17-26-18-19(28(17)5)14-8-7-13(15-9-10-24-27-15)11-16(14)25-20(18)23/h7-11H,6,12H2,1-5H3,(H2,23,25)(H,24,27). The van der Waals surface area contributed by atoms with Crippen LogP contribution in [0.2, 0.25) is 0 Å². The highest BCUT2D eigenvalue weighted by atomic mass is 16.6. The number of hydrogen-bond donors (Lipinski definition) is 2. The van der Waals surface area contributed by atoms with Gasteiger partial charge in [0.05, 0.1) is 23.3 Å². The zero-order chi connectivity index (χ0) is 22.3. The van der Waals surface area contributed by atoms with Crippen molar-refractivity contribution in [3.05, 3.63) is 36.3 Å². The summed E-state index contributed by atoms with van der Waals surface area (Å²) in [6.07, 6.45) is 1.34. The highest BCUT2D eigenvalue weighted by Gasteiger charge is 2.24. The molecule has 9 nitrogen and oxygen atoms in total. The van der Waals surface area contributed by atoms with E-state index in [-0.39, 0.29) is 6.09 Å². The van der Waals surface area contributed by atoms with Crippen LogP contribution in [0.25, 0.3) is 33.2 Å². The summed E-state index contributed by atoms with van der Waals surface area (Å²) in [5.74, 6) is 1.06. The number of amides is 1. The largest absolute Gasteiger partial charge is 0.444 e. The molecule has 3 heterocycles. The van der Waals surface area contributed by atoms with E-state index in [9.17, 15) is 4.79 Å². The minimum absolute atomic E-state index is 0.309. The maximum Gasteiger partial charge on any atom is 0.410 e. The number of carbonyl (C=O) groups is 1. The summed E-state index contributed by atoms with van der Waals surface area (Å²) in [6.45, 7) is 8.27. The molecule has 162 valence electrons. The summed E-state index contributed by atoms with van der Waals surface area (Å²) >= 11 is 0. The molecule has 0 aliphatic heterocycles. The summed E-state index contributed by atoms with van der Waals surface area (Å²) in [6, 6.07) is 7.90. The van der Waals surface area contributed by atoms with Gasteiger partial charge in [-0.15, -0.1) is 0 Å². The molecule has 0 fully saturated rings. The number of nitrogens with one attached hydrogen (secondary N) is 1. The van der Waals surface area contributed by atoms with Gasteiger partial charge in [-0.2, -0.15) is 5.10 Å². The van der Waals surface area contributed by atoms with Crippen molar-refractivity contribution in [2.24, 2.45) is 7.05 Å². The fourth-order valence-corrected chi connectivity index (χ4v) is 3.57. The Bertz CT molecular complexity index is 1250. The fourth-order valence-electron chi connectivity index (χ4n) is 3.57. The molecule has 31 heavy (non-hydrogen) atoms. The minimum Gasteiger partial charge on any atom is -0.444 e. The number of nitrogen functional groups attached to an aromatic ring is 1. The van der Waals surface area contributed by atoms with E-state index in [1.165, 1.54) is 0 Å². The summed E-state index contributed by atoms with van der Waals surface area (Å²) in [5, 5.41) is 7.91. The van der Waals surface area contributed by atoms with E-state index in [1.54, 1.807) is 11.1 Å². The van der Waals surface area contributed by atoms with Gasteiger partial charge >= 0.3 is 6.09 Å². The molecule has 0 bridgehead atoms. The molecule has 3 N–H and O–H groups in total. The second kappa shape index (κ2) is 7.57. The lowest BCUT2D eigenvalue weighted by molar-refractivity contribution is 0.0238. The highest BCUT2D eigenvalue weighted by Crippen LogP contribution is 2.31. The molecule has 0 saturated carbocycles. The zero-order valence-corrected chi connectivity index (χ0v) is 18.4. The minimum atomic E-state index is -0.562. The Kier molecular flexibility index (Phi) is 5.04. The fraction of sp³-hybridized carbons (Fsp3) is 0.364. The lowest BCUT2D eigenvalue weighted by Crippen LogP contribution is -2.36. The van der Waals surface area contributed by atoms with Gasteiger partial charge in [-0.1, -0.05) is 6.07 Å². The van der Waals surface area contributed by atoms with E-state index in [4.69, 9.17) is 15.5 Å². The quantitative estimate of drug-likeness (QED) is 0.517. The summed E-state index contributed by atoms with van der Waals surface area (Å²) < 4.78 is 7.50. The number of rotatable bonds is 4. The first-order chi connectivity index (χ1) is 14.7. The average Bonchev–Trinajstić information content (AvgIpc) is 3.33. The van der Waals surface area contributed by atoms with Crippen molar-refractivity contribution in [2.45, 2.75) is 39.8 Å². The Morgan fingerprint density at radius 3 is 2.68 bits per heavy atom. The van der Waals surface area contributed by atoms with Crippen molar-refractivity contribution in [3.8, 4) is 11.3 Å². The predicted molar refractivity (Wildman–Crippen MR) is 120 cm³/mol. The number of ether oxygens (including phenoxy) is 1. The average molecular weight is 422 g/mol. The van der Waals surface area contributed by atoms with Gasteiger partial charge in [0, 0.05) is 30.7 Å². The van der Waals surface area contributed by atoms with Crippen molar-refractivity contribution in [3.63, 3.8) is 0 Å². The van der Waals surface area contributed by atoms with Gasteiger partial charge in [-0.05, 0) is 45.9 Å². The van der Waals surface area contributed by atoms with Gasteiger partial charge in [0.2, 0.25) is 0 Å². The van der Waals surface area contributed by atoms with Crippen LogP contribution in [0.5, 0.6) is 0 Å². The Labute approximate surface area is 180 Å². The maximum atomic E-state index is 12.6. The second-order valence-electron chi connectivity index (χ2n) is 8.48. The molecule has 0 aliphatic carbocycles. The Morgan fingerprint density at radius 1 is 1.26 bits per heavy atom. The molecule has 1 amide bonds. The van der Waals surface area contributed by atoms with Gasteiger partial charge in [0.1, 0.15) is 16.9 Å². The van der Waals surface area contributed by atoms with E-state index in [0.717, 1.165) is 27.7 Å². The third-order valence-electron chi connectivity index (χ3n) is 5.10. The van der Waals surface area contributed by atoms with Crippen molar-refractivity contribution in [1.82, 2.24) is 29.6 Å². The SMILES string of the molecule is CCN(Cc1nc2c(N)nc3cc(-c4ccn[nH]4)ccc3c2n1C)C(=O)OC(C)(C)C. The molecule has 0 atom stereocenters. The van der Waals surface area contributed by atoms with Gasteiger partial charge < -0.3 is 19.9 Å². The van der Waals surface area contributed by atoms with Gasteiger partial charge in [0.25, 0.3) is 0 Å². The van der Waals surface area contributed by atoms with E-state index < -0.39 is 5.60 Å². The predicted octanol–water partition coefficient (Wildman–Crippen LogP) is 3.85. The van der Waals surface area contributed by atoms with Crippen molar-refractivity contribution >= 4 is 33.8 Å². The number of anilines is 1. The molecule has 0 aliphatic rings. The van der Waals surface area contributed by atoms with Crippen LogP contribution in [0, 0.1) is 0 Å². The molecule has 4 rings (SSSR count). The lowest BCUT2D eigenvalue weighted by atomic mass is 10.1. The topological polar surface area (TPSA) is 115 Å². The number of pyridine rings is 1. The number of H-pyrrole nitrogens is 1. The van der Waals surface area contributed by atoms with Gasteiger partial charge in [0.15, 0.2) is 5.82 Å². The Morgan fingerprint density at radius 2 is 2.03 bits per heavy atom. The number of aromatic amines is 1. The third kappa shape index (κ3) is 3.90. The number of aromatic nitrogens is 5. The molecule has 0 saturated heterocycles. The number of nitrogens with two attached hydrogens (primary N) is 1. The number of carbonyl (C=O) groups excluding carboxylic acids is 1. The molecule has 0 radical (unpaired) electrons. The summed E-state index contributed by atoms with van der Waals surface area (Å²) in [5.41, 5.74) is 9.86. The molecular weight excluding hydrogens is 394 g/mol. The summed E-state index contributed by atoms with van der Waals surface area (Å²) in [7, 11) is 1.93. The first kappa shape index (κ1) is 20.6. The van der Waals surface area contributed by atoms with Crippen LogP contribution in [-0.4, -0.2) is 47.9 Å². The number of imidazole rings is 1. The van der Waals surface area contributed by atoms with Crippen LogP contribution in [0.3, 0.4) is 0 Å². The normalized spacial score (nSPS) is 11.9. The lowest BCUT2D eigenvalue weighted by Gasteiger charge is -2.26. The van der Waals surface area contributed by atoms with E-state index in [2.05, 4.69) is 15.2 Å². The van der Waals surface area contributed by atoms with Gasteiger partial charge in [-0.25, -0.2) is 14.8 Å². The number of aryl methyl sites for hydroxylation is 1. The van der Waals surface area contributed by atoms with E-state index >= 15 is 0 Å². The van der Waals surface area contributed by atoms with E-state index in [0.29, 0.717) is 30.2 Å². The molecule has 9 heteroatoms. The molecule has 1 aromatic carbocycles. The zero-order valence-electron chi connectivity index (χ0n) is 18.4. The van der Waals surface area contributed by atoms with Gasteiger partial charge in [-0.3, -0.25) is 5.10 Å². The Balaban J connectivity index is 1.76. The number of hydrogen-bond acceptors (Lipinski definition) is 6. The first-order valence-corrected chi connectivity index (χ1v) is 10.2.